The van der Waals surface area contributed by atoms with E-state index in [1.165, 1.54) is 0 Å². The molecule has 0 aliphatic heterocycles. The third kappa shape index (κ3) is 3050. The Morgan fingerprint density at radius 3 is 0.0290 bits per heavy atom. The van der Waals surface area contributed by atoms with Crippen LogP contribution in [0.3, 0.4) is 0 Å². The van der Waals surface area contributed by atoms with Crippen molar-refractivity contribution in [2.24, 2.45) is 0 Å². The summed E-state index contributed by atoms with van der Waals surface area (Å²) in [6.45, 7) is 0. The van der Waals surface area contributed by atoms with E-state index < -0.39 is 0 Å². The van der Waals surface area contributed by atoms with Crippen molar-refractivity contribution in [3.05, 3.63) is 0 Å². The minimum absolute atomic E-state index is 0. The van der Waals surface area contributed by atoms with Gasteiger partial charge in [-0.25, -0.2) is 0 Å². The standard InChI is InChI=1S/20Nb.49O/q20*+5;49*-2. The van der Waals surface area contributed by atoms with Gasteiger partial charge in [-0.3, -0.25) is 0 Å². The molecule has 0 saturated carbocycles. The van der Waals surface area contributed by atoms with Crippen LogP contribution in [-0.2, 0) is 716 Å². The summed E-state index contributed by atoms with van der Waals surface area (Å²) in [5, 5.41) is 0. The van der Waals surface area contributed by atoms with Crippen molar-refractivity contribution in [1.82, 2.24) is 0 Å². The van der Waals surface area contributed by atoms with Crippen molar-refractivity contribution < 1.29 is 716 Å². The molecule has 0 aromatic heterocycles. The second-order valence-corrected chi connectivity index (χ2v) is 0. The maximum atomic E-state index is 0. The van der Waals surface area contributed by atoms with E-state index in [4.69, 9.17) is 0 Å². The molecule has 0 spiro atoms. The van der Waals surface area contributed by atoms with E-state index in [-0.39, 0.29) is 716 Å². The molecule has 49 nitrogen and oxygen atoms in total. The summed E-state index contributed by atoms with van der Waals surface area (Å²) in [5.41, 5.74) is 0. The molecule has 0 atom stereocenters. The Kier molecular flexibility index (Phi) is 147000. The van der Waals surface area contributed by atoms with Crippen LogP contribution in [0.1, 0.15) is 0 Å². The summed E-state index contributed by atoms with van der Waals surface area (Å²) >= 11 is 0. The van der Waals surface area contributed by atoms with Gasteiger partial charge in [0.2, 0.25) is 0 Å². The molecule has 0 saturated heterocycles. The third-order valence-corrected chi connectivity index (χ3v) is 0. The predicted molar refractivity (Wildman–Crippen MR) is 33.6 cm³/mol. The number of rotatable bonds is 0. The fraction of sp³-hybridized carbons (Fsp3) is 0. The molecule has 0 aromatic rings. The molecule has 0 unspecified atom stereocenters. The molecule has 0 N–H and O–H groups in total. The summed E-state index contributed by atoms with van der Waals surface area (Å²) in [6.07, 6.45) is 0. The summed E-state index contributed by atoms with van der Waals surface area (Å²) < 4.78 is 0. The Balaban J connectivity index is 0. The van der Waals surface area contributed by atoms with Gasteiger partial charge in [0.25, 0.3) is 0 Å². The van der Waals surface area contributed by atoms with Gasteiger partial charge in [-0.15, -0.1) is 0 Å². The van der Waals surface area contributed by atoms with Crippen LogP contribution in [0.25, 0.3) is 0 Å². The fourth-order valence-corrected chi connectivity index (χ4v) is 0. The minimum Gasteiger partial charge on any atom is -2.00 e. The number of hydrogen-bond donors (Lipinski definition) is 0. The molecule has 0 bridgehead atoms. The molecule has 69 heteroatoms. The van der Waals surface area contributed by atoms with E-state index in [1.54, 1.807) is 0 Å². The Labute approximate surface area is 703 Å². The quantitative estimate of drug-likeness (QED) is 0.205. The van der Waals surface area contributed by atoms with Crippen LogP contribution in [0.5, 0.6) is 0 Å². The smallest absolute Gasteiger partial charge is 2.00 e. The van der Waals surface area contributed by atoms with Crippen LogP contribution in [0.15, 0.2) is 0 Å². The summed E-state index contributed by atoms with van der Waals surface area (Å²) in [4.78, 5) is 0. The molecular formula is Nb20O49+2. The van der Waals surface area contributed by atoms with Crippen molar-refractivity contribution in [3.63, 3.8) is 0 Å². The first-order valence-corrected chi connectivity index (χ1v) is 0. The van der Waals surface area contributed by atoms with E-state index in [2.05, 4.69) is 0 Å². The van der Waals surface area contributed by atoms with Crippen molar-refractivity contribution in [2.45, 2.75) is 0 Å². The van der Waals surface area contributed by atoms with Crippen LogP contribution in [0.4, 0.5) is 0 Å². The fourth-order valence-electron chi connectivity index (χ4n) is 0. The average Bonchev–Trinajstić information content (AvgIpc) is 0. The zero-order chi connectivity index (χ0) is 0. The summed E-state index contributed by atoms with van der Waals surface area (Å²) in [5.74, 6) is 0. The molecule has 392 valence electrons. The molecule has 0 amide bonds. The van der Waals surface area contributed by atoms with Crippen LogP contribution >= 0.6 is 0 Å². The molecule has 0 aliphatic rings. The van der Waals surface area contributed by atoms with Gasteiger partial charge in [0.1, 0.15) is 0 Å². The van der Waals surface area contributed by atoms with Gasteiger partial charge in [-0.1, -0.05) is 0 Å². The van der Waals surface area contributed by atoms with Gasteiger partial charge < -0.3 is 268 Å². The van der Waals surface area contributed by atoms with Gasteiger partial charge in [0.15, 0.2) is 0 Å². The second-order valence-electron chi connectivity index (χ2n) is 0. The van der Waals surface area contributed by atoms with E-state index in [9.17, 15) is 0 Å². The molecule has 0 aromatic carbocycles. The maximum absolute atomic E-state index is 0. The van der Waals surface area contributed by atoms with Crippen molar-refractivity contribution in [2.75, 3.05) is 0 Å². The van der Waals surface area contributed by atoms with Crippen molar-refractivity contribution >= 4 is 0 Å². The number of hydrogen-bond acceptors (Lipinski definition) is 0. The van der Waals surface area contributed by atoms with Gasteiger partial charge in [-0.05, 0) is 0 Å². The average molecular weight is 2640 g/mol. The molecule has 0 heterocycles. The monoisotopic (exact) mass is 2640 g/mol. The van der Waals surface area contributed by atoms with Crippen molar-refractivity contribution in [3.8, 4) is 0 Å². The second kappa shape index (κ2) is 3120. The maximum Gasteiger partial charge on any atom is 5.00 e. The van der Waals surface area contributed by atoms with Crippen molar-refractivity contribution in [1.29, 1.82) is 0 Å². The Morgan fingerprint density at radius 1 is 0.0290 bits per heavy atom. The van der Waals surface area contributed by atoms with Gasteiger partial charge >= 0.3 is 448 Å². The molecule has 0 fully saturated rings. The van der Waals surface area contributed by atoms with E-state index in [1.807, 2.05) is 0 Å². The first-order valence-electron chi connectivity index (χ1n) is 0. The Morgan fingerprint density at radius 2 is 0.0290 bits per heavy atom. The van der Waals surface area contributed by atoms with Crippen LogP contribution < -0.4 is 0 Å². The zero-order valence-corrected chi connectivity index (χ0v) is 72.9. The van der Waals surface area contributed by atoms with Gasteiger partial charge in [0.05, 0.1) is 0 Å². The molecule has 69 heavy (non-hydrogen) atoms. The Hall–Kier alpha value is 12.8. The molecular weight excluding hydrogens is 2640 g/mol. The molecule has 0 radical (unpaired) electrons. The minimum atomic E-state index is 0. The summed E-state index contributed by atoms with van der Waals surface area (Å²) in [7, 11) is 0. The van der Waals surface area contributed by atoms with Crippen LogP contribution in [0.2, 0.25) is 0 Å². The molecule has 0 aliphatic carbocycles. The molecule has 0 rings (SSSR count). The predicted octanol–water partition coefficient (Wildman–Crippen LogP) is -5.87. The summed E-state index contributed by atoms with van der Waals surface area (Å²) in [6, 6.07) is 0. The first-order chi connectivity index (χ1) is 0. The van der Waals surface area contributed by atoms with Crippen LogP contribution in [0, 0.1) is 0 Å². The van der Waals surface area contributed by atoms with Crippen LogP contribution in [-0.4, -0.2) is 0 Å². The normalized spacial score (nSPS) is 0. The van der Waals surface area contributed by atoms with Gasteiger partial charge in [-0.2, -0.15) is 0 Å². The Bertz CT molecular complexity index is 59.9. The van der Waals surface area contributed by atoms with E-state index in [0.717, 1.165) is 0 Å². The first kappa shape index (κ1) is 3240. The zero-order valence-electron chi connectivity index (χ0n) is 28.9. The van der Waals surface area contributed by atoms with E-state index in [0.29, 0.717) is 0 Å². The van der Waals surface area contributed by atoms with Gasteiger partial charge in [0, 0.05) is 0 Å². The van der Waals surface area contributed by atoms with E-state index >= 15 is 0 Å². The topological polar surface area (TPSA) is 1400 Å². The largest absolute Gasteiger partial charge is 5.00 e. The SMILES string of the molecule is [Nb+5].[Nb+5].[Nb+5].[Nb+5].[Nb+5].[Nb+5].[Nb+5].[Nb+5].[Nb+5].[Nb+5].[Nb+5].[Nb+5].[Nb+5].[Nb+5].[Nb+5].[Nb+5].[Nb+5].[Nb+5].[Nb+5].[Nb+5].[O-2].[O-2].[O-2].[O-2].[O-2].[O-2].[O-2].[O-2].[O-2].[O-2].[O-2].[O-2].[O-2].[O-2].[O-2].[O-2].[O-2].[O-2].[O-2].[O-2].[O-2].[O-2].[O-2].[O-2].[O-2].[O-2].[O-2].[O-2].[O-2].[O-2].[O-2].[O-2].[O-2].[O-2].[O-2].[O-2].[O-2].[O-2].[O-2].[O-2].[O-2].[O-2].[O-2].[O-2].[O-2].[O-2].[O-2].[O-2].[O-2]. The third-order valence-electron chi connectivity index (χ3n) is 0.